The fourth-order valence-corrected chi connectivity index (χ4v) is 1.43. The van der Waals surface area contributed by atoms with Gasteiger partial charge in [0.1, 0.15) is 5.76 Å². The Bertz CT molecular complexity index is 590. The lowest BCUT2D eigenvalue weighted by molar-refractivity contribution is 0.476. The summed E-state index contributed by atoms with van der Waals surface area (Å²) in [7, 11) is 0. The molecule has 4 nitrogen and oxygen atoms in total. The molecule has 0 saturated carbocycles. The second-order valence-corrected chi connectivity index (χ2v) is 4.05. The van der Waals surface area contributed by atoms with Gasteiger partial charge in [0.05, 0.1) is 0 Å². The average molecular weight is 251 g/mol. The van der Waals surface area contributed by atoms with Crippen molar-refractivity contribution in [2.75, 3.05) is 5.32 Å². The number of halogens is 1. The van der Waals surface area contributed by atoms with E-state index in [1.165, 1.54) is 0 Å². The molecule has 1 N–H and O–H groups in total. The first-order valence-electron chi connectivity index (χ1n) is 5.07. The van der Waals surface area contributed by atoms with Crippen LogP contribution in [0.1, 0.15) is 11.3 Å². The van der Waals surface area contributed by atoms with Crippen molar-refractivity contribution in [3.8, 4) is 0 Å². The maximum Gasteiger partial charge on any atom is 0.379 e. The third-order valence-corrected chi connectivity index (χ3v) is 2.60. The third kappa shape index (κ3) is 2.65. The molecule has 2 aromatic rings. The van der Waals surface area contributed by atoms with Crippen molar-refractivity contribution in [3.63, 3.8) is 0 Å². The summed E-state index contributed by atoms with van der Waals surface area (Å²) in [4.78, 5) is 15.5. The normalized spacial score (nSPS) is 10.3. The van der Waals surface area contributed by atoms with Crippen LogP contribution in [0.5, 0.6) is 0 Å². The molecule has 0 unspecified atom stereocenters. The van der Waals surface area contributed by atoms with Crippen molar-refractivity contribution in [1.82, 2.24) is 4.98 Å². The van der Waals surface area contributed by atoms with Gasteiger partial charge in [-0.05, 0) is 26.0 Å². The molecule has 88 valence electrons. The van der Waals surface area contributed by atoms with Gasteiger partial charge in [0.2, 0.25) is 5.82 Å². The number of aryl methyl sites for hydroxylation is 2. The molecule has 0 radical (unpaired) electrons. The van der Waals surface area contributed by atoms with Crippen molar-refractivity contribution < 1.29 is 4.42 Å². The predicted molar refractivity (Wildman–Crippen MR) is 67.0 cm³/mol. The summed E-state index contributed by atoms with van der Waals surface area (Å²) in [5.74, 6) is 0.399. The Labute approximate surface area is 103 Å². The first-order chi connectivity index (χ1) is 8.06. The van der Waals surface area contributed by atoms with Gasteiger partial charge in [-0.3, -0.25) is 0 Å². The zero-order chi connectivity index (χ0) is 12.4. The Morgan fingerprint density at radius 2 is 1.88 bits per heavy atom. The number of nitrogens with zero attached hydrogens (tertiary/aromatic N) is 1. The fraction of sp³-hybridized carbons (Fsp3) is 0.167. The monoisotopic (exact) mass is 250 g/mol. The summed E-state index contributed by atoms with van der Waals surface area (Å²) >= 11 is 5.79. The number of aromatic nitrogens is 1. The van der Waals surface area contributed by atoms with Crippen molar-refractivity contribution >= 4 is 23.1 Å². The molecule has 5 heteroatoms. The summed E-state index contributed by atoms with van der Waals surface area (Å²) in [5, 5.41) is 3.05. The van der Waals surface area contributed by atoms with Crippen molar-refractivity contribution in [1.29, 1.82) is 0 Å². The smallest absolute Gasteiger partial charge is 0.379 e. The van der Waals surface area contributed by atoms with Gasteiger partial charge >= 0.3 is 5.63 Å². The van der Waals surface area contributed by atoms with E-state index in [1.54, 1.807) is 6.92 Å². The van der Waals surface area contributed by atoms with E-state index in [1.807, 2.05) is 31.2 Å². The molecule has 2 rings (SSSR count). The van der Waals surface area contributed by atoms with E-state index in [0.29, 0.717) is 5.76 Å². The highest BCUT2D eigenvalue weighted by Crippen LogP contribution is 2.16. The molecule has 0 atom stereocenters. The largest absolute Gasteiger partial charge is 0.422 e. The highest BCUT2D eigenvalue weighted by molar-refractivity contribution is 6.30. The maximum atomic E-state index is 11.5. The molecule has 0 saturated heterocycles. The minimum absolute atomic E-state index is 0.0875. The first kappa shape index (κ1) is 11.7. The minimum atomic E-state index is -0.535. The third-order valence-electron chi connectivity index (χ3n) is 2.25. The second-order valence-electron chi connectivity index (χ2n) is 3.69. The maximum absolute atomic E-state index is 11.5. The molecule has 1 heterocycles. The van der Waals surface area contributed by atoms with E-state index >= 15 is 0 Å². The molecule has 1 aromatic heterocycles. The Balaban J connectivity index is 2.33. The Morgan fingerprint density at radius 3 is 2.53 bits per heavy atom. The molecule has 0 amide bonds. The summed E-state index contributed by atoms with van der Waals surface area (Å²) in [6.45, 7) is 3.57. The quantitative estimate of drug-likeness (QED) is 0.890. The highest BCUT2D eigenvalue weighted by Gasteiger charge is 2.08. The Morgan fingerprint density at radius 1 is 1.24 bits per heavy atom. The molecule has 0 aliphatic rings. The zero-order valence-electron chi connectivity index (χ0n) is 9.45. The fourth-order valence-electron chi connectivity index (χ4n) is 1.30. The van der Waals surface area contributed by atoms with Gasteiger partial charge in [-0.15, -0.1) is 0 Å². The average Bonchev–Trinajstić information content (AvgIpc) is 2.29. The molecule has 0 bridgehead atoms. The van der Waals surface area contributed by atoms with Crippen LogP contribution >= 0.6 is 11.6 Å². The van der Waals surface area contributed by atoms with Crippen LogP contribution in [-0.2, 0) is 0 Å². The predicted octanol–water partition coefficient (Wildman–Crippen LogP) is 3.05. The van der Waals surface area contributed by atoms with E-state index in [2.05, 4.69) is 10.3 Å². The SMILES string of the molecule is Cc1ccc(Nc2nc(Cl)c(C)oc2=O)cc1. The molecule has 0 aliphatic heterocycles. The summed E-state index contributed by atoms with van der Waals surface area (Å²) < 4.78 is 4.92. The molecule has 17 heavy (non-hydrogen) atoms. The van der Waals surface area contributed by atoms with Crippen LogP contribution in [0, 0.1) is 13.8 Å². The van der Waals surface area contributed by atoms with Gasteiger partial charge < -0.3 is 9.73 Å². The molecule has 1 aromatic carbocycles. The molecule has 0 aliphatic carbocycles. The molecular formula is C12H11ClN2O2. The van der Waals surface area contributed by atoms with Gasteiger partial charge in [0.25, 0.3) is 0 Å². The van der Waals surface area contributed by atoms with Crippen LogP contribution in [-0.4, -0.2) is 4.98 Å². The van der Waals surface area contributed by atoms with Crippen molar-refractivity contribution in [2.24, 2.45) is 0 Å². The number of benzene rings is 1. The van der Waals surface area contributed by atoms with Gasteiger partial charge in [-0.25, -0.2) is 9.78 Å². The van der Waals surface area contributed by atoms with Crippen LogP contribution in [0.15, 0.2) is 33.5 Å². The lowest BCUT2D eigenvalue weighted by atomic mass is 10.2. The standard InChI is InChI=1S/C12H11ClN2O2/c1-7-3-5-9(6-4-7)14-11-12(16)17-8(2)10(13)15-11/h3-6H,1-2H3,(H,14,15). The first-order valence-corrected chi connectivity index (χ1v) is 5.45. The van der Waals surface area contributed by atoms with Crippen LogP contribution in [0.2, 0.25) is 5.15 Å². The van der Waals surface area contributed by atoms with E-state index < -0.39 is 5.63 Å². The van der Waals surface area contributed by atoms with Crippen molar-refractivity contribution in [2.45, 2.75) is 13.8 Å². The van der Waals surface area contributed by atoms with Crippen LogP contribution in [0.3, 0.4) is 0 Å². The van der Waals surface area contributed by atoms with Gasteiger partial charge in [0, 0.05) is 5.69 Å². The highest BCUT2D eigenvalue weighted by atomic mass is 35.5. The summed E-state index contributed by atoms with van der Waals surface area (Å²) in [5.41, 5.74) is 1.36. The number of hydrogen-bond acceptors (Lipinski definition) is 4. The van der Waals surface area contributed by atoms with Crippen molar-refractivity contribution in [3.05, 3.63) is 51.2 Å². The van der Waals surface area contributed by atoms with E-state index in [9.17, 15) is 4.79 Å². The van der Waals surface area contributed by atoms with E-state index in [-0.39, 0.29) is 11.0 Å². The van der Waals surface area contributed by atoms with E-state index in [4.69, 9.17) is 16.0 Å². The number of rotatable bonds is 2. The van der Waals surface area contributed by atoms with Crippen LogP contribution < -0.4 is 10.9 Å². The van der Waals surface area contributed by atoms with Gasteiger partial charge in [-0.1, -0.05) is 29.3 Å². The lowest BCUT2D eigenvalue weighted by Crippen LogP contribution is -2.10. The molecule has 0 fully saturated rings. The van der Waals surface area contributed by atoms with Crippen LogP contribution in [0.4, 0.5) is 11.5 Å². The van der Waals surface area contributed by atoms with E-state index in [0.717, 1.165) is 11.3 Å². The number of hydrogen-bond donors (Lipinski definition) is 1. The zero-order valence-corrected chi connectivity index (χ0v) is 10.2. The minimum Gasteiger partial charge on any atom is -0.422 e. The summed E-state index contributed by atoms with van der Waals surface area (Å²) in [6.07, 6.45) is 0. The number of nitrogens with one attached hydrogen (secondary N) is 1. The Kier molecular flexibility index (Phi) is 3.15. The Hall–Kier alpha value is -1.81. The second kappa shape index (κ2) is 4.59. The molecular weight excluding hydrogens is 240 g/mol. The van der Waals surface area contributed by atoms with Gasteiger partial charge in [0.15, 0.2) is 5.15 Å². The summed E-state index contributed by atoms with van der Waals surface area (Å²) in [6, 6.07) is 7.56. The molecule has 0 spiro atoms. The topological polar surface area (TPSA) is 55.1 Å². The van der Waals surface area contributed by atoms with Gasteiger partial charge in [-0.2, -0.15) is 0 Å². The number of anilines is 2. The van der Waals surface area contributed by atoms with Crippen LogP contribution in [0.25, 0.3) is 0 Å². The lowest BCUT2D eigenvalue weighted by Gasteiger charge is -2.05.